The number of thiophene rings is 1. The molecule has 0 unspecified atom stereocenters. The maximum atomic E-state index is 13.6. The molecule has 1 amide bonds. The first-order valence-electron chi connectivity index (χ1n) is 8.30. The third-order valence-corrected chi connectivity index (χ3v) is 5.82. The maximum absolute atomic E-state index is 13.6. The van der Waals surface area contributed by atoms with Crippen molar-refractivity contribution in [2.24, 2.45) is 0 Å². The highest BCUT2D eigenvalue weighted by atomic mass is 32.2. The molecular weight excluding hydrogens is 371 g/mol. The van der Waals surface area contributed by atoms with Gasteiger partial charge in [0.25, 0.3) is 0 Å². The van der Waals surface area contributed by atoms with Crippen LogP contribution in [0.1, 0.15) is 18.7 Å². The second-order valence-corrected chi connectivity index (χ2v) is 7.46. The molecule has 3 aromatic rings. The van der Waals surface area contributed by atoms with Gasteiger partial charge in [-0.05, 0) is 31.5 Å². The van der Waals surface area contributed by atoms with Crippen LogP contribution in [0.5, 0.6) is 0 Å². The second-order valence-electron chi connectivity index (χ2n) is 5.52. The van der Waals surface area contributed by atoms with Crippen molar-refractivity contribution in [3.05, 3.63) is 46.4 Å². The number of benzene rings is 1. The molecule has 0 radical (unpaired) electrons. The van der Waals surface area contributed by atoms with Gasteiger partial charge >= 0.3 is 0 Å². The van der Waals surface area contributed by atoms with E-state index < -0.39 is 5.82 Å². The van der Waals surface area contributed by atoms with Gasteiger partial charge in [0.15, 0.2) is 11.0 Å². The Balaban J connectivity index is 1.68. The van der Waals surface area contributed by atoms with Crippen LogP contribution in [0.3, 0.4) is 0 Å². The van der Waals surface area contributed by atoms with Gasteiger partial charge in [-0.2, -0.15) is 0 Å². The van der Waals surface area contributed by atoms with E-state index in [9.17, 15) is 9.18 Å². The zero-order valence-corrected chi connectivity index (χ0v) is 16.2. The van der Waals surface area contributed by atoms with Crippen molar-refractivity contribution in [1.29, 1.82) is 0 Å². The lowest BCUT2D eigenvalue weighted by Gasteiger charge is -2.07. The Morgan fingerprint density at radius 2 is 2.12 bits per heavy atom. The number of rotatable bonds is 7. The lowest BCUT2D eigenvalue weighted by molar-refractivity contribution is -0.113. The number of carbonyl (C=O) groups excluding carboxylic acids is 1. The molecule has 0 aliphatic heterocycles. The number of nitrogens with zero attached hydrogens (tertiary/aromatic N) is 3. The molecule has 0 saturated heterocycles. The Morgan fingerprint density at radius 1 is 1.31 bits per heavy atom. The number of carbonyl (C=O) groups is 1. The summed E-state index contributed by atoms with van der Waals surface area (Å²) >= 11 is 3.00. The van der Waals surface area contributed by atoms with Crippen molar-refractivity contribution < 1.29 is 9.18 Å². The highest BCUT2D eigenvalue weighted by Gasteiger charge is 2.16. The van der Waals surface area contributed by atoms with Gasteiger partial charge in [-0.25, -0.2) is 4.39 Å². The van der Waals surface area contributed by atoms with E-state index in [4.69, 9.17) is 0 Å². The number of aromatic nitrogens is 3. The van der Waals surface area contributed by atoms with E-state index >= 15 is 0 Å². The lowest BCUT2D eigenvalue weighted by atomic mass is 10.2. The summed E-state index contributed by atoms with van der Waals surface area (Å²) < 4.78 is 15.6. The van der Waals surface area contributed by atoms with Crippen LogP contribution < -0.4 is 5.32 Å². The summed E-state index contributed by atoms with van der Waals surface area (Å²) in [7, 11) is 0. The Hall–Kier alpha value is -2.19. The molecule has 0 fully saturated rings. The summed E-state index contributed by atoms with van der Waals surface area (Å²) in [6.45, 7) is 4.84. The van der Waals surface area contributed by atoms with Crippen molar-refractivity contribution in [2.45, 2.75) is 32.0 Å². The first-order valence-corrected chi connectivity index (χ1v) is 10.2. The van der Waals surface area contributed by atoms with Crippen LogP contribution in [-0.4, -0.2) is 26.4 Å². The molecule has 0 aliphatic carbocycles. The molecule has 1 N–H and O–H groups in total. The fourth-order valence-corrected chi connectivity index (χ4v) is 4.07. The average Bonchev–Trinajstić information content (AvgIpc) is 3.27. The van der Waals surface area contributed by atoms with E-state index in [1.807, 2.05) is 11.5 Å². The summed E-state index contributed by atoms with van der Waals surface area (Å²) in [4.78, 5) is 13.4. The van der Waals surface area contributed by atoms with Crippen molar-refractivity contribution in [2.75, 3.05) is 11.1 Å². The van der Waals surface area contributed by atoms with Crippen molar-refractivity contribution in [1.82, 2.24) is 14.8 Å². The quantitative estimate of drug-likeness (QED) is 0.605. The summed E-state index contributed by atoms with van der Waals surface area (Å²) in [6.07, 6.45) is 0.989. The number of hydrogen-bond donors (Lipinski definition) is 1. The number of aryl methyl sites for hydroxylation is 1. The summed E-state index contributed by atoms with van der Waals surface area (Å²) in [6, 6.07) is 8.23. The Bertz CT molecular complexity index is 906. The van der Waals surface area contributed by atoms with Gasteiger partial charge in [-0.3, -0.25) is 4.79 Å². The third kappa shape index (κ3) is 4.13. The average molecular weight is 391 g/mol. The van der Waals surface area contributed by atoms with E-state index in [-0.39, 0.29) is 17.3 Å². The van der Waals surface area contributed by atoms with Crippen LogP contribution in [0.4, 0.5) is 10.1 Å². The van der Waals surface area contributed by atoms with E-state index in [0.29, 0.717) is 11.7 Å². The first kappa shape index (κ1) is 18.6. The highest BCUT2D eigenvalue weighted by Crippen LogP contribution is 2.28. The summed E-state index contributed by atoms with van der Waals surface area (Å²) in [5.74, 6) is 0.210. The van der Waals surface area contributed by atoms with E-state index in [1.54, 1.807) is 23.5 Å². The van der Waals surface area contributed by atoms with Crippen LogP contribution in [0.25, 0.3) is 11.4 Å². The van der Waals surface area contributed by atoms with Crippen molar-refractivity contribution in [3.63, 3.8) is 0 Å². The zero-order chi connectivity index (χ0) is 18.5. The van der Waals surface area contributed by atoms with E-state index in [1.165, 1.54) is 28.8 Å². The molecule has 0 aliphatic rings. The van der Waals surface area contributed by atoms with E-state index in [0.717, 1.165) is 17.8 Å². The number of halogens is 1. The molecule has 1 aromatic carbocycles. The van der Waals surface area contributed by atoms with Gasteiger partial charge in [0.2, 0.25) is 5.91 Å². The number of para-hydroxylation sites is 1. The predicted molar refractivity (Wildman–Crippen MR) is 104 cm³/mol. The molecule has 3 rings (SSSR count). The second kappa shape index (κ2) is 8.46. The molecule has 136 valence electrons. The number of hydrogen-bond acceptors (Lipinski definition) is 5. The molecule has 8 heteroatoms. The fourth-order valence-electron chi connectivity index (χ4n) is 2.46. The van der Waals surface area contributed by atoms with Crippen LogP contribution in [0.15, 0.2) is 40.9 Å². The minimum Gasteiger partial charge on any atom is -0.323 e. The van der Waals surface area contributed by atoms with Crippen LogP contribution in [0.2, 0.25) is 0 Å². The minimum absolute atomic E-state index is 0.135. The summed E-state index contributed by atoms with van der Waals surface area (Å²) in [5, 5.41) is 13.8. The fraction of sp³-hybridized carbons (Fsp3) is 0.278. The molecule has 0 bridgehead atoms. The Labute approximate surface area is 159 Å². The van der Waals surface area contributed by atoms with Gasteiger partial charge in [-0.15, -0.1) is 21.5 Å². The van der Waals surface area contributed by atoms with Crippen molar-refractivity contribution >= 4 is 34.7 Å². The minimum atomic E-state index is -0.450. The molecule has 5 nitrogen and oxygen atoms in total. The Morgan fingerprint density at radius 3 is 2.81 bits per heavy atom. The highest BCUT2D eigenvalue weighted by molar-refractivity contribution is 7.99. The standard InChI is InChI=1S/C18H19FN4OS2/c1-3-13-9-12(10-25-13)17-21-22-18(23(17)4-2)26-11-16(24)20-15-8-6-5-7-14(15)19/h5-10H,3-4,11H2,1-2H3,(H,20,24). The van der Waals surface area contributed by atoms with Crippen LogP contribution in [-0.2, 0) is 17.8 Å². The number of anilines is 1. The molecule has 26 heavy (non-hydrogen) atoms. The van der Waals surface area contributed by atoms with E-state index in [2.05, 4.69) is 33.9 Å². The molecule has 0 spiro atoms. The monoisotopic (exact) mass is 390 g/mol. The number of thioether (sulfide) groups is 1. The normalized spacial score (nSPS) is 10.9. The van der Waals surface area contributed by atoms with Crippen LogP contribution >= 0.6 is 23.1 Å². The number of amides is 1. The molecule has 2 heterocycles. The molecular formula is C18H19FN4OS2. The van der Waals surface area contributed by atoms with Gasteiger partial charge in [0.05, 0.1) is 11.4 Å². The van der Waals surface area contributed by atoms with Gasteiger partial charge < -0.3 is 9.88 Å². The molecule has 0 atom stereocenters. The van der Waals surface area contributed by atoms with Gasteiger partial charge in [-0.1, -0.05) is 30.8 Å². The summed E-state index contributed by atoms with van der Waals surface area (Å²) in [5.41, 5.74) is 1.23. The third-order valence-electron chi connectivity index (χ3n) is 3.77. The van der Waals surface area contributed by atoms with Gasteiger partial charge in [0, 0.05) is 22.4 Å². The maximum Gasteiger partial charge on any atom is 0.234 e. The van der Waals surface area contributed by atoms with Crippen LogP contribution in [0, 0.1) is 5.82 Å². The smallest absolute Gasteiger partial charge is 0.234 e. The molecule has 0 saturated carbocycles. The SMILES string of the molecule is CCc1cc(-c2nnc(SCC(=O)Nc3ccccc3F)n2CC)cs1. The zero-order valence-electron chi connectivity index (χ0n) is 14.5. The first-order chi connectivity index (χ1) is 12.6. The molecule has 2 aromatic heterocycles. The number of nitrogens with one attached hydrogen (secondary N) is 1. The van der Waals surface area contributed by atoms with Crippen molar-refractivity contribution in [3.8, 4) is 11.4 Å². The van der Waals surface area contributed by atoms with Gasteiger partial charge in [0.1, 0.15) is 5.82 Å². The Kier molecular flexibility index (Phi) is 6.05. The largest absolute Gasteiger partial charge is 0.323 e. The predicted octanol–water partition coefficient (Wildman–Crippen LogP) is 4.46. The topological polar surface area (TPSA) is 59.8 Å². The lowest BCUT2D eigenvalue weighted by Crippen LogP contribution is -2.15.